The van der Waals surface area contributed by atoms with Crippen molar-refractivity contribution in [2.45, 2.75) is 50.4 Å². The molecule has 3 aliphatic rings. The fraction of sp³-hybridized carbons (Fsp3) is 0.480. The standard InChI is InChI=1S/C25H25F5N2O3S/c26-13-36(34,35)31-23-21(32(12-25(23)4-5-25)24(33)16-8-17(27)9-16)10-14-2-1-3-20(22(14)30)15-6-18(28)11-19(29)7-15/h1-3,6-7,11,16-17,21,23,31H,4-5,8-10,12-13H2. The van der Waals surface area contributed by atoms with Crippen LogP contribution in [0.25, 0.3) is 11.1 Å². The van der Waals surface area contributed by atoms with E-state index < -0.39 is 63.1 Å². The molecule has 0 radical (unpaired) electrons. The summed E-state index contributed by atoms with van der Waals surface area (Å²) < 4.78 is 96.6. The van der Waals surface area contributed by atoms with Gasteiger partial charge in [-0.25, -0.2) is 35.1 Å². The first kappa shape index (κ1) is 25.1. The quantitative estimate of drug-likeness (QED) is 0.546. The molecule has 11 heteroatoms. The fourth-order valence-electron chi connectivity index (χ4n) is 5.55. The van der Waals surface area contributed by atoms with E-state index >= 15 is 4.39 Å². The predicted octanol–water partition coefficient (Wildman–Crippen LogP) is 4.27. The number of halogens is 5. The molecule has 3 fully saturated rings. The van der Waals surface area contributed by atoms with Crippen molar-refractivity contribution in [1.29, 1.82) is 0 Å². The Morgan fingerprint density at radius 2 is 1.75 bits per heavy atom. The first-order valence-corrected chi connectivity index (χ1v) is 13.4. The Bertz CT molecular complexity index is 1270. The van der Waals surface area contributed by atoms with Gasteiger partial charge in [0.2, 0.25) is 21.9 Å². The van der Waals surface area contributed by atoms with Gasteiger partial charge in [0.1, 0.15) is 23.6 Å². The van der Waals surface area contributed by atoms with Gasteiger partial charge in [-0.2, -0.15) is 0 Å². The summed E-state index contributed by atoms with van der Waals surface area (Å²) in [6.07, 6.45) is 0.172. The Kier molecular flexibility index (Phi) is 6.35. The molecule has 2 atom stereocenters. The van der Waals surface area contributed by atoms with Crippen LogP contribution in [0.4, 0.5) is 22.0 Å². The summed E-state index contributed by atoms with van der Waals surface area (Å²) in [5.74, 6) is -3.37. The lowest BCUT2D eigenvalue weighted by Crippen LogP contribution is -2.52. The van der Waals surface area contributed by atoms with Crippen molar-refractivity contribution < 1.29 is 35.2 Å². The first-order valence-electron chi connectivity index (χ1n) is 11.8. The minimum atomic E-state index is -4.29. The van der Waals surface area contributed by atoms with Crippen LogP contribution in [0.5, 0.6) is 0 Å². The number of likely N-dealkylation sites (tertiary alicyclic amines) is 1. The third-order valence-corrected chi connectivity index (χ3v) is 8.57. The molecular weight excluding hydrogens is 503 g/mol. The zero-order chi connectivity index (χ0) is 25.8. The second-order valence-electron chi connectivity index (χ2n) is 10.1. The molecule has 5 rings (SSSR count). The van der Waals surface area contributed by atoms with Crippen LogP contribution < -0.4 is 4.72 Å². The number of carbonyl (C=O) groups is 1. The van der Waals surface area contributed by atoms with Crippen LogP contribution >= 0.6 is 0 Å². The maximum Gasteiger partial charge on any atom is 0.241 e. The second kappa shape index (κ2) is 9.09. The molecule has 0 aromatic heterocycles. The van der Waals surface area contributed by atoms with Crippen LogP contribution in [0, 0.1) is 28.8 Å². The van der Waals surface area contributed by atoms with Crippen LogP contribution in [0.2, 0.25) is 0 Å². The van der Waals surface area contributed by atoms with Gasteiger partial charge in [-0.05, 0) is 55.4 Å². The highest BCUT2D eigenvalue weighted by Gasteiger charge is 2.62. The Labute approximate surface area is 205 Å². The average Bonchev–Trinajstić information content (AvgIpc) is 3.52. The molecule has 194 valence electrons. The van der Waals surface area contributed by atoms with Crippen molar-refractivity contribution >= 4 is 15.9 Å². The predicted molar refractivity (Wildman–Crippen MR) is 122 cm³/mol. The summed E-state index contributed by atoms with van der Waals surface area (Å²) in [4.78, 5) is 14.7. The fourth-order valence-corrected chi connectivity index (χ4v) is 6.41. The Morgan fingerprint density at radius 3 is 2.33 bits per heavy atom. The highest BCUT2D eigenvalue weighted by molar-refractivity contribution is 7.89. The molecule has 1 amide bonds. The number of alkyl halides is 2. The van der Waals surface area contributed by atoms with Gasteiger partial charge in [-0.3, -0.25) is 4.79 Å². The molecule has 2 aromatic rings. The number of rotatable bonds is 7. The number of nitrogens with one attached hydrogen (secondary N) is 1. The van der Waals surface area contributed by atoms with Gasteiger partial charge in [0.05, 0.1) is 6.04 Å². The number of nitrogens with zero attached hydrogens (tertiary/aromatic N) is 1. The van der Waals surface area contributed by atoms with E-state index in [2.05, 4.69) is 4.72 Å². The number of sulfonamides is 1. The van der Waals surface area contributed by atoms with Crippen LogP contribution in [0.1, 0.15) is 31.2 Å². The van der Waals surface area contributed by atoms with E-state index in [4.69, 9.17) is 0 Å². The van der Waals surface area contributed by atoms with Crippen molar-refractivity contribution in [2.24, 2.45) is 11.3 Å². The Balaban J connectivity index is 1.51. The van der Waals surface area contributed by atoms with E-state index in [1.54, 1.807) is 0 Å². The summed E-state index contributed by atoms with van der Waals surface area (Å²) in [5, 5.41) is 0. The highest BCUT2D eigenvalue weighted by atomic mass is 32.2. The molecule has 1 heterocycles. The van der Waals surface area contributed by atoms with Gasteiger partial charge in [0, 0.05) is 35.5 Å². The van der Waals surface area contributed by atoms with Gasteiger partial charge in [-0.15, -0.1) is 0 Å². The van der Waals surface area contributed by atoms with Crippen molar-refractivity contribution in [1.82, 2.24) is 9.62 Å². The molecule has 1 aliphatic heterocycles. The van der Waals surface area contributed by atoms with E-state index in [0.29, 0.717) is 18.9 Å². The molecule has 2 unspecified atom stereocenters. The maximum atomic E-state index is 15.6. The van der Waals surface area contributed by atoms with Crippen molar-refractivity contribution in [3.63, 3.8) is 0 Å². The summed E-state index contributed by atoms with van der Waals surface area (Å²) in [7, 11) is -4.29. The van der Waals surface area contributed by atoms with Crippen LogP contribution in [-0.2, 0) is 21.2 Å². The van der Waals surface area contributed by atoms with Gasteiger partial charge in [0.15, 0.2) is 0 Å². The molecule has 5 nitrogen and oxygen atoms in total. The molecule has 2 saturated carbocycles. The number of benzene rings is 2. The van der Waals surface area contributed by atoms with E-state index in [0.717, 1.165) is 12.1 Å². The summed E-state index contributed by atoms with van der Waals surface area (Å²) in [5.41, 5.74) is -0.550. The van der Waals surface area contributed by atoms with Gasteiger partial charge >= 0.3 is 0 Å². The van der Waals surface area contributed by atoms with Crippen LogP contribution in [-0.4, -0.2) is 50.0 Å². The molecular formula is C25H25F5N2O3S. The van der Waals surface area contributed by atoms with E-state index in [9.17, 15) is 30.8 Å². The Morgan fingerprint density at radius 1 is 1.08 bits per heavy atom. The highest BCUT2D eigenvalue weighted by Crippen LogP contribution is 2.56. The van der Waals surface area contributed by atoms with Crippen LogP contribution in [0.15, 0.2) is 36.4 Å². The minimum absolute atomic E-state index is 0.0111. The monoisotopic (exact) mass is 528 g/mol. The zero-order valence-electron chi connectivity index (χ0n) is 19.2. The van der Waals surface area contributed by atoms with Crippen molar-refractivity contribution in [2.75, 3.05) is 12.6 Å². The minimum Gasteiger partial charge on any atom is -0.337 e. The van der Waals surface area contributed by atoms with Gasteiger partial charge in [0.25, 0.3) is 0 Å². The number of hydrogen-bond acceptors (Lipinski definition) is 3. The number of hydrogen-bond donors (Lipinski definition) is 1. The zero-order valence-corrected chi connectivity index (χ0v) is 20.0. The summed E-state index contributed by atoms with van der Waals surface area (Å²) in [6, 6.07) is 3.67. The summed E-state index contributed by atoms with van der Waals surface area (Å²) >= 11 is 0. The third-order valence-electron chi connectivity index (χ3n) is 7.67. The number of amides is 1. The lowest BCUT2D eigenvalue weighted by molar-refractivity contribution is -0.141. The Hall–Kier alpha value is -2.53. The summed E-state index contributed by atoms with van der Waals surface area (Å²) in [6.45, 7) is 0.208. The normalized spacial score (nSPS) is 26.8. The van der Waals surface area contributed by atoms with E-state index in [1.165, 1.54) is 23.1 Å². The second-order valence-corrected chi connectivity index (χ2v) is 11.8. The average molecular weight is 529 g/mol. The molecule has 1 N–H and O–H groups in total. The molecule has 2 aromatic carbocycles. The lowest BCUT2D eigenvalue weighted by atomic mass is 9.82. The lowest BCUT2D eigenvalue weighted by Gasteiger charge is -2.36. The largest absolute Gasteiger partial charge is 0.337 e. The van der Waals surface area contributed by atoms with E-state index in [1.807, 2.05) is 0 Å². The first-order chi connectivity index (χ1) is 17.0. The smallest absolute Gasteiger partial charge is 0.241 e. The topological polar surface area (TPSA) is 66.5 Å². The molecule has 0 bridgehead atoms. The van der Waals surface area contributed by atoms with Crippen molar-refractivity contribution in [3.8, 4) is 11.1 Å². The SMILES string of the molecule is O=C(C1CC(F)C1)N1CC2(CC2)C(NS(=O)(=O)CF)C1Cc1cccc(-c2cc(F)cc(F)c2)c1F. The number of carbonyl (C=O) groups excluding carboxylic acids is 1. The molecule has 1 saturated heterocycles. The van der Waals surface area contributed by atoms with Crippen molar-refractivity contribution in [3.05, 3.63) is 59.4 Å². The van der Waals surface area contributed by atoms with Crippen LogP contribution in [0.3, 0.4) is 0 Å². The van der Waals surface area contributed by atoms with Gasteiger partial charge < -0.3 is 4.90 Å². The van der Waals surface area contributed by atoms with E-state index in [-0.39, 0.29) is 48.4 Å². The maximum absolute atomic E-state index is 15.6. The third kappa shape index (κ3) is 4.63. The molecule has 2 aliphatic carbocycles. The van der Waals surface area contributed by atoms with Gasteiger partial charge in [-0.1, -0.05) is 18.2 Å². The molecule has 1 spiro atoms. The molecule has 36 heavy (non-hydrogen) atoms.